The molecule has 0 spiro atoms. The molecule has 1 atom stereocenters. The van der Waals surface area contributed by atoms with Crippen molar-refractivity contribution >= 4 is 39.2 Å². The molecule has 0 fully saturated rings. The predicted octanol–water partition coefficient (Wildman–Crippen LogP) is 3.75. The Kier molecular flexibility index (Phi) is 7.58. The van der Waals surface area contributed by atoms with E-state index in [9.17, 15) is 18.0 Å². The minimum atomic E-state index is -3.92. The van der Waals surface area contributed by atoms with Crippen molar-refractivity contribution in [2.75, 3.05) is 13.2 Å². The number of furan rings is 1. The van der Waals surface area contributed by atoms with E-state index in [1.54, 1.807) is 49.4 Å². The Balaban J connectivity index is 1.39. The summed E-state index contributed by atoms with van der Waals surface area (Å²) in [7, 11) is -3.92. The van der Waals surface area contributed by atoms with Crippen molar-refractivity contribution < 1.29 is 27.2 Å². The zero-order valence-electron chi connectivity index (χ0n) is 19.6. The minimum absolute atomic E-state index is 0.0388. The lowest BCUT2D eigenvalue weighted by atomic mass is 10.0. The fourth-order valence-electron chi connectivity index (χ4n) is 3.64. The van der Waals surface area contributed by atoms with Crippen LogP contribution in [0.15, 0.2) is 75.3 Å². The molecule has 2 aromatic carbocycles. The van der Waals surface area contributed by atoms with Crippen LogP contribution in [0.4, 0.5) is 0 Å². The number of hydrogen-bond donors (Lipinski definition) is 1. The second-order valence-electron chi connectivity index (χ2n) is 8.26. The maximum absolute atomic E-state index is 12.9. The first-order valence-electron chi connectivity index (χ1n) is 11.1. The third-order valence-corrected chi connectivity index (χ3v) is 7.42. The summed E-state index contributed by atoms with van der Waals surface area (Å²) < 4.78 is 37.7. The van der Waals surface area contributed by atoms with Gasteiger partial charge in [0.1, 0.15) is 18.3 Å². The molecule has 1 aromatic heterocycles. The maximum Gasteiger partial charge on any atom is 0.321 e. The highest BCUT2D eigenvalue weighted by Crippen LogP contribution is 2.33. The first-order valence-corrected chi connectivity index (χ1v) is 12.9. The quantitative estimate of drug-likeness (QED) is 0.444. The van der Waals surface area contributed by atoms with Crippen LogP contribution in [0.25, 0.3) is 0 Å². The summed E-state index contributed by atoms with van der Waals surface area (Å²) in [5.74, 6) is -0.944. The Bertz CT molecular complexity index is 1400. The van der Waals surface area contributed by atoms with Crippen LogP contribution in [-0.2, 0) is 24.3 Å². The average Bonchev–Trinajstić information content (AvgIpc) is 3.54. The van der Waals surface area contributed by atoms with Gasteiger partial charge in [0.15, 0.2) is 6.61 Å². The van der Waals surface area contributed by atoms with E-state index in [2.05, 4.69) is 9.82 Å². The highest BCUT2D eigenvalue weighted by atomic mass is 35.5. The van der Waals surface area contributed by atoms with E-state index < -0.39 is 41.1 Å². The molecule has 1 N–H and O–H groups in total. The number of amides is 1. The maximum atomic E-state index is 12.9. The number of aryl methyl sites for hydroxylation is 2. The number of ether oxygens (including phenoxy) is 1. The smallest absolute Gasteiger partial charge is 0.321 e. The lowest BCUT2D eigenvalue weighted by molar-refractivity contribution is -0.152. The Labute approximate surface area is 213 Å². The second kappa shape index (κ2) is 10.7. The number of hydrogen-bond acceptors (Lipinski definition) is 7. The van der Waals surface area contributed by atoms with Crippen molar-refractivity contribution in [2.45, 2.75) is 31.2 Å². The first-order chi connectivity index (χ1) is 17.1. The molecule has 4 rings (SSSR count). The van der Waals surface area contributed by atoms with Gasteiger partial charge in [-0.2, -0.15) is 9.82 Å². The van der Waals surface area contributed by atoms with E-state index in [0.29, 0.717) is 22.9 Å². The Morgan fingerprint density at radius 2 is 1.89 bits per heavy atom. The number of benzene rings is 2. The molecular formula is C25H24ClN3O6S. The molecular weight excluding hydrogens is 506 g/mol. The van der Waals surface area contributed by atoms with Crippen LogP contribution in [0.3, 0.4) is 0 Å². The normalized spacial score (nSPS) is 15.6. The lowest BCUT2D eigenvalue weighted by Crippen LogP contribution is -2.34. The van der Waals surface area contributed by atoms with Crippen LogP contribution in [0, 0.1) is 13.8 Å². The van der Waals surface area contributed by atoms with E-state index in [-0.39, 0.29) is 4.90 Å². The largest absolute Gasteiger partial charge is 0.467 e. The number of esters is 1. The fourth-order valence-corrected chi connectivity index (χ4v) is 4.82. The summed E-state index contributed by atoms with van der Waals surface area (Å²) in [5, 5.41) is 6.23. The summed E-state index contributed by atoms with van der Waals surface area (Å²) in [6.07, 6.45) is 1.89. The van der Waals surface area contributed by atoms with Crippen molar-refractivity contribution in [1.82, 2.24) is 9.73 Å². The van der Waals surface area contributed by atoms with Gasteiger partial charge >= 0.3 is 5.97 Å². The minimum Gasteiger partial charge on any atom is -0.467 e. The highest BCUT2D eigenvalue weighted by molar-refractivity contribution is 7.89. The number of carbonyl (C=O) groups excluding carboxylic acids is 2. The molecule has 9 nitrogen and oxygen atoms in total. The van der Waals surface area contributed by atoms with E-state index in [1.807, 2.05) is 6.92 Å². The zero-order chi connectivity index (χ0) is 25.9. The molecule has 2 heterocycles. The number of sulfonamides is 1. The predicted molar refractivity (Wildman–Crippen MR) is 133 cm³/mol. The molecule has 3 aromatic rings. The SMILES string of the molecule is Cc1ccc(S(=O)(=O)NCC(=O)OCC(=O)N2N=C(c3ccc(Cl)cc3)C[C@@H]2c2ccco2)cc1C. The number of nitrogens with one attached hydrogen (secondary N) is 1. The summed E-state index contributed by atoms with van der Waals surface area (Å²) in [6, 6.07) is 14.7. The molecule has 0 aliphatic carbocycles. The summed E-state index contributed by atoms with van der Waals surface area (Å²) in [5.41, 5.74) is 3.20. The molecule has 1 aliphatic heterocycles. The van der Waals surface area contributed by atoms with E-state index in [4.69, 9.17) is 20.8 Å². The van der Waals surface area contributed by atoms with Gasteiger partial charge in [0.2, 0.25) is 10.0 Å². The molecule has 36 heavy (non-hydrogen) atoms. The average molecular weight is 530 g/mol. The standard InChI is InChI=1S/C25H24ClN3O6S/c1-16-5-10-20(12-17(16)2)36(32,33)27-14-25(31)35-15-24(30)29-22(23-4-3-11-34-23)13-21(28-29)18-6-8-19(26)9-7-18/h3-12,22,27H,13-15H2,1-2H3/t22-/m1/s1. The fraction of sp³-hybridized carbons (Fsp3) is 0.240. The van der Waals surface area contributed by atoms with Crippen LogP contribution in [0.2, 0.25) is 5.02 Å². The summed E-state index contributed by atoms with van der Waals surface area (Å²) in [4.78, 5) is 25.2. The molecule has 0 unspecified atom stereocenters. The van der Waals surface area contributed by atoms with E-state index in [1.165, 1.54) is 23.4 Å². The second-order valence-corrected chi connectivity index (χ2v) is 10.5. The van der Waals surface area contributed by atoms with Gasteiger partial charge in [0, 0.05) is 11.4 Å². The van der Waals surface area contributed by atoms with E-state index >= 15 is 0 Å². The van der Waals surface area contributed by atoms with Crippen molar-refractivity contribution in [2.24, 2.45) is 5.10 Å². The molecule has 0 saturated heterocycles. The Morgan fingerprint density at radius 1 is 1.14 bits per heavy atom. The zero-order valence-corrected chi connectivity index (χ0v) is 21.2. The van der Waals surface area contributed by atoms with Crippen molar-refractivity contribution in [3.05, 3.63) is 88.3 Å². The van der Waals surface area contributed by atoms with Gasteiger partial charge in [-0.1, -0.05) is 29.8 Å². The molecule has 0 radical (unpaired) electrons. The third-order valence-electron chi connectivity index (χ3n) is 5.77. The lowest BCUT2D eigenvalue weighted by Gasteiger charge is -2.19. The van der Waals surface area contributed by atoms with Crippen LogP contribution < -0.4 is 4.72 Å². The molecule has 1 amide bonds. The van der Waals surface area contributed by atoms with Crippen LogP contribution in [-0.4, -0.2) is 44.2 Å². The molecule has 1 aliphatic rings. The van der Waals surface area contributed by atoms with Gasteiger partial charge in [0.05, 0.1) is 16.9 Å². The van der Waals surface area contributed by atoms with Gasteiger partial charge in [-0.25, -0.2) is 13.4 Å². The first kappa shape index (κ1) is 25.6. The van der Waals surface area contributed by atoms with Gasteiger partial charge in [-0.05, 0) is 66.9 Å². The number of hydrazone groups is 1. The monoisotopic (exact) mass is 529 g/mol. The third kappa shape index (κ3) is 5.84. The van der Waals surface area contributed by atoms with Gasteiger partial charge in [0.25, 0.3) is 5.91 Å². The molecule has 188 valence electrons. The topological polar surface area (TPSA) is 118 Å². The number of rotatable bonds is 8. The highest BCUT2D eigenvalue weighted by Gasteiger charge is 2.35. The number of nitrogens with zero attached hydrogens (tertiary/aromatic N) is 2. The van der Waals surface area contributed by atoms with E-state index in [0.717, 1.165) is 16.7 Å². The van der Waals surface area contributed by atoms with Crippen molar-refractivity contribution in [3.63, 3.8) is 0 Å². The number of carbonyl (C=O) groups is 2. The summed E-state index contributed by atoms with van der Waals surface area (Å²) >= 11 is 5.97. The van der Waals surface area contributed by atoms with Gasteiger partial charge in [-0.15, -0.1) is 0 Å². The Morgan fingerprint density at radius 3 is 2.56 bits per heavy atom. The molecule has 0 saturated carbocycles. The van der Waals surface area contributed by atoms with Crippen molar-refractivity contribution in [3.8, 4) is 0 Å². The van der Waals surface area contributed by atoms with Gasteiger partial charge < -0.3 is 9.15 Å². The number of halogens is 1. The van der Waals surface area contributed by atoms with Crippen LogP contribution in [0.5, 0.6) is 0 Å². The van der Waals surface area contributed by atoms with Crippen LogP contribution in [0.1, 0.15) is 34.9 Å². The Hall–Kier alpha value is -3.47. The van der Waals surface area contributed by atoms with Crippen molar-refractivity contribution in [1.29, 1.82) is 0 Å². The molecule has 11 heteroatoms. The van der Waals surface area contributed by atoms with Crippen LogP contribution >= 0.6 is 11.6 Å². The van der Waals surface area contributed by atoms with Gasteiger partial charge in [-0.3, -0.25) is 9.59 Å². The molecule has 0 bridgehead atoms. The summed E-state index contributed by atoms with van der Waals surface area (Å²) in [6.45, 7) is 2.43.